The molecule has 30 heavy (non-hydrogen) atoms. The molecule has 6 heteroatoms. The van der Waals surface area contributed by atoms with E-state index in [1.807, 2.05) is 51.0 Å². The second-order valence-electron chi connectivity index (χ2n) is 8.06. The van der Waals surface area contributed by atoms with E-state index in [9.17, 15) is 19.8 Å². The Labute approximate surface area is 177 Å². The molecule has 1 amide bonds. The summed E-state index contributed by atoms with van der Waals surface area (Å²) in [7, 11) is 3.89. The van der Waals surface area contributed by atoms with Crippen molar-refractivity contribution in [2.24, 2.45) is 0 Å². The van der Waals surface area contributed by atoms with Gasteiger partial charge in [0.15, 0.2) is 0 Å². The van der Waals surface area contributed by atoms with Gasteiger partial charge in [0.2, 0.25) is 0 Å². The van der Waals surface area contributed by atoms with Crippen LogP contribution >= 0.6 is 0 Å². The number of aryl methyl sites for hydroxylation is 2. The van der Waals surface area contributed by atoms with Crippen molar-refractivity contribution in [2.45, 2.75) is 26.3 Å². The topological polar surface area (TPSA) is 81.1 Å². The maximum Gasteiger partial charge on any atom is 0.295 e. The standard InChI is InChI=1S/C24H28N2O4/c1-15-9-10-16(2)19(13-15)22(28)20-21(17-7-5-8-18(27)14-17)26(24(30)23(20)29)12-6-11-25(3)4/h5,7-10,13-14,21,27-28H,6,11-12H2,1-4H3. The molecule has 0 radical (unpaired) electrons. The molecule has 2 N–H and O–H groups in total. The van der Waals surface area contributed by atoms with Crippen LogP contribution in [0.1, 0.15) is 34.7 Å². The highest BCUT2D eigenvalue weighted by molar-refractivity contribution is 6.46. The number of likely N-dealkylation sites (tertiary alicyclic amines) is 1. The highest BCUT2D eigenvalue weighted by Gasteiger charge is 2.46. The number of nitrogens with zero attached hydrogens (tertiary/aromatic N) is 2. The highest BCUT2D eigenvalue weighted by atomic mass is 16.3. The highest BCUT2D eigenvalue weighted by Crippen LogP contribution is 2.40. The van der Waals surface area contributed by atoms with Crippen molar-refractivity contribution in [2.75, 3.05) is 27.2 Å². The van der Waals surface area contributed by atoms with Gasteiger partial charge in [0.25, 0.3) is 11.7 Å². The van der Waals surface area contributed by atoms with Crippen molar-refractivity contribution in [1.29, 1.82) is 0 Å². The molecule has 0 spiro atoms. The lowest BCUT2D eigenvalue weighted by Crippen LogP contribution is -2.32. The van der Waals surface area contributed by atoms with E-state index in [2.05, 4.69) is 0 Å². The van der Waals surface area contributed by atoms with Crippen molar-refractivity contribution in [3.8, 4) is 5.75 Å². The Hall–Kier alpha value is -3.12. The first-order valence-electron chi connectivity index (χ1n) is 10.0. The van der Waals surface area contributed by atoms with Gasteiger partial charge in [-0.2, -0.15) is 0 Å². The van der Waals surface area contributed by atoms with Gasteiger partial charge >= 0.3 is 0 Å². The van der Waals surface area contributed by atoms with Crippen LogP contribution in [-0.2, 0) is 9.59 Å². The van der Waals surface area contributed by atoms with Gasteiger partial charge < -0.3 is 20.0 Å². The molecular weight excluding hydrogens is 380 g/mol. The molecule has 3 rings (SSSR count). The third-order valence-corrected chi connectivity index (χ3v) is 5.38. The van der Waals surface area contributed by atoms with E-state index in [1.54, 1.807) is 12.1 Å². The van der Waals surface area contributed by atoms with Crippen LogP contribution in [0.15, 0.2) is 48.0 Å². The summed E-state index contributed by atoms with van der Waals surface area (Å²) in [5.41, 5.74) is 2.93. The zero-order valence-corrected chi connectivity index (χ0v) is 17.8. The van der Waals surface area contributed by atoms with Crippen LogP contribution in [0, 0.1) is 13.8 Å². The fraction of sp³-hybridized carbons (Fsp3) is 0.333. The van der Waals surface area contributed by atoms with E-state index in [4.69, 9.17) is 0 Å². The largest absolute Gasteiger partial charge is 0.508 e. The number of rotatable bonds is 6. The number of hydrogen-bond donors (Lipinski definition) is 2. The van der Waals surface area contributed by atoms with Crippen LogP contribution in [0.4, 0.5) is 0 Å². The van der Waals surface area contributed by atoms with Gasteiger partial charge in [-0.3, -0.25) is 9.59 Å². The van der Waals surface area contributed by atoms with Crippen molar-refractivity contribution < 1.29 is 19.8 Å². The molecule has 1 heterocycles. The molecule has 1 fully saturated rings. The maximum atomic E-state index is 13.0. The van der Waals surface area contributed by atoms with Crippen LogP contribution < -0.4 is 0 Å². The molecule has 0 bridgehead atoms. The Balaban J connectivity index is 2.15. The lowest BCUT2D eigenvalue weighted by molar-refractivity contribution is -0.139. The summed E-state index contributed by atoms with van der Waals surface area (Å²) in [6.07, 6.45) is 0.679. The Kier molecular flexibility index (Phi) is 6.27. The van der Waals surface area contributed by atoms with Crippen LogP contribution in [0.5, 0.6) is 5.75 Å². The summed E-state index contributed by atoms with van der Waals surface area (Å²) in [5, 5.41) is 21.1. The lowest BCUT2D eigenvalue weighted by atomic mass is 9.93. The number of phenols is 1. The van der Waals surface area contributed by atoms with Crippen molar-refractivity contribution in [3.63, 3.8) is 0 Å². The molecule has 1 saturated heterocycles. The van der Waals surface area contributed by atoms with Crippen molar-refractivity contribution >= 4 is 17.4 Å². The minimum Gasteiger partial charge on any atom is -0.508 e. The summed E-state index contributed by atoms with van der Waals surface area (Å²) in [6, 6.07) is 11.4. The molecule has 0 aromatic heterocycles. The van der Waals surface area contributed by atoms with Crippen LogP contribution in [0.25, 0.3) is 5.76 Å². The number of aliphatic hydroxyl groups excluding tert-OH is 1. The molecular formula is C24H28N2O4. The number of aromatic hydroxyl groups is 1. The van der Waals surface area contributed by atoms with Gasteiger partial charge in [-0.05, 0) is 70.2 Å². The summed E-state index contributed by atoms with van der Waals surface area (Å²) < 4.78 is 0. The molecule has 1 aliphatic rings. The Morgan fingerprint density at radius 1 is 1.10 bits per heavy atom. The number of aliphatic hydroxyl groups is 1. The molecule has 158 valence electrons. The van der Waals surface area contributed by atoms with Gasteiger partial charge in [0, 0.05) is 12.1 Å². The molecule has 1 unspecified atom stereocenters. The van der Waals surface area contributed by atoms with Crippen LogP contribution in [0.2, 0.25) is 0 Å². The van der Waals surface area contributed by atoms with Crippen molar-refractivity contribution in [1.82, 2.24) is 9.80 Å². The zero-order valence-electron chi connectivity index (χ0n) is 17.8. The molecule has 1 aliphatic heterocycles. The average Bonchev–Trinajstić information content (AvgIpc) is 2.94. The molecule has 0 aliphatic carbocycles. The fourth-order valence-electron chi connectivity index (χ4n) is 3.85. The van der Waals surface area contributed by atoms with E-state index in [0.29, 0.717) is 24.1 Å². The Morgan fingerprint density at radius 2 is 1.83 bits per heavy atom. The third-order valence-electron chi connectivity index (χ3n) is 5.38. The number of benzene rings is 2. The van der Waals surface area contributed by atoms with Crippen LogP contribution in [0.3, 0.4) is 0 Å². The number of carbonyl (C=O) groups is 2. The maximum absolute atomic E-state index is 13.0. The van der Waals surface area contributed by atoms with Gasteiger partial charge in [0.1, 0.15) is 11.5 Å². The molecule has 0 saturated carbocycles. The quantitative estimate of drug-likeness (QED) is 0.435. The number of carbonyl (C=O) groups excluding carboxylic acids is 2. The number of Topliss-reactive ketones (excluding diaryl/α,β-unsaturated/α-hetero) is 1. The first-order valence-corrected chi connectivity index (χ1v) is 10.0. The lowest BCUT2D eigenvalue weighted by Gasteiger charge is -2.26. The summed E-state index contributed by atoms with van der Waals surface area (Å²) in [5.74, 6) is -1.48. The molecule has 2 aromatic carbocycles. The summed E-state index contributed by atoms with van der Waals surface area (Å²) in [6.45, 7) is 4.88. The Bertz CT molecular complexity index is 1010. The number of ketones is 1. The second kappa shape index (κ2) is 8.71. The zero-order chi connectivity index (χ0) is 22.0. The van der Waals surface area contributed by atoms with E-state index in [1.165, 1.54) is 17.0 Å². The first-order chi connectivity index (χ1) is 14.2. The van der Waals surface area contributed by atoms with E-state index in [-0.39, 0.29) is 17.1 Å². The Morgan fingerprint density at radius 3 is 2.50 bits per heavy atom. The smallest absolute Gasteiger partial charge is 0.295 e. The van der Waals surface area contributed by atoms with Crippen LogP contribution in [-0.4, -0.2) is 58.9 Å². The monoisotopic (exact) mass is 408 g/mol. The fourth-order valence-corrected chi connectivity index (χ4v) is 3.85. The number of hydrogen-bond acceptors (Lipinski definition) is 5. The van der Waals surface area contributed by atoms with E-state index >= 15 is 0 Å². The van der Waals surface area contributed by atoms with Gasteiger partial charge in [-0.25, -0.2) is 0 Å². The SMILES string of the molecule is Cc1ccc(C)c(C(O)=C2C(=O)C(=O)N(CCCN(C)C)C2c2cccc(O)c2)c1. The predicted octanol–water partition coefficient (Wildman–Crippen LogP) is 3.38. The van der Waals surface area contributed by atoms with Gasteiger partial charge in [0.05, 0.1) is 11.6 Å². The van der Waals surface area contributed by atoms with Gasteiger partial charge in [-0.1, -0.05) is 29.8 Å². The van der Waals surface area contributed by atoms with Crippen molar-refractivity contribution in [3.05, 3.63) is 70.3 Å². The minimum atomic E-state index is -0.751. The number of phenolic OH excluding ortho intramolecular Hbond substituents is 1. The second-order valence-corrected chi connectivity index (χ2v) is 8.06. The summed E-state index contributed by atoms with van der Waals surface area (Å²) in [4.78, 5) is 29.4. The molecule has 1 atom stereocenters. The summed E-state index contributed by atoms with van der Waals surface area (Å²) >= 11 is 0. The molecule has 2 aromatic rings. The van der Waals surface area contributed by atoms with E-state index in [0.717, 1.165) is 17.7 Å². The third kappa shape index (κ3) is 4.24. The van der Waals surface area contributed by atoms with Gasteiger partial charge in [-0.15, -0.1) is 0 Å². The first kappa shape index (κ1) is 21.6. The minimum absolute atomic E-state index is 0.0399. The average molecular weight is 408 g/mol. The normalized spacial score (nSPS) is 18.4. The van der Waals surface area contributed by atoms with E-state index < -0.39 is 17.7 Å². The predicted molar refractivity (Wildman–Crippen MR) is 116 cm³/mol. The number of amides is 1. The molecule has 6 nitrogen and oxygen atoms in total.